The monoisotopic (exact) mass is 482 g/mol. The molecule has 0 aliphatic heterocycles. The Morgan fingerprint density at radius 1 is 0.316 bits per heavy atom. The predicted molar refractivity (Wildman–Crippen MR) is 166 cm³/mol. The molecular formula is C38H26. The van der Waals surface area contributed by atoms with E-state index in [4.69, 9.17) is 0 Å². The molecule has 0 unspecified atom stereocenters. The summed E-state index contributed by atoms with van der Waals surface area (Å²) in [6, 6.07) is 44.8. The van der Waals surface area contributed by atoms with Crippen LogP contribution < -0.4 is 0 Å². The number of hydrogen-bond acceptors (Lipinski definition) is 0. The van der Waals surface area contributed by atoms with Gasteiger partial charge in [-0.15, -0.1) is 0 Å². The van der Waals surface area contributed by atoms with E-state index in [-0.39, 0.29) is 0 Å². The van der Waals surface area contributed by atoms with Crippen LogP contribution in [0.15, 0.2) is 121 Å². The van der Waals surface area contributed by atoms with E-state index in [0.717, 1.165) is 0 Å². The fourth-order valence-electron chi connectivity index (χ4n) is 6.87. The van der Waals surface area contributed by atoms with Gasteiger partial charge in [-0.2, -0.15) is 0 Å². The fraction of sp³-hybridized carbons (Fsp3) is 0.0526. The summed E-state index contributed by atoms with van der Waals surface area (Å²) in [6.45, 7) is 4.60. The van der Waals surface area contributed by atoms with E-state index >= 15 is 0 Å². The highest BCUT2D eigenvalue weighted by molar-refractivity contribution is 6.31. The molecule has 0 saturated heterocycles. The molecule has 0 N–H and O–H groups in total. The van der Waals surface area contributed by atoms with Gasteiger partial charge in [0.1, 0.15) is 0 Å². The Morgan fingerprint density at radius 3 is 1.47 bits per heavy atom. The van der Waals surface area contributed by atoms with Crippen LogP contribution in [-0.4, -0.2) is 0 Å². The number of fused-ring (bicyclic) bond motifs is 11. The molecule has 0 heterocycles. The minimum atomic E-state index is 1.29. The van der Waals surface area contributed by atoms with Gasteiger partial charge in [0.25, 0.3) is 0 Å². The lowest BCUT2D eigenvalue weighted by Crippen LogP contribution is -1.95. The summed E-state index contributed by atoms with van der Waals surface area (Å²) in [7, 11) is 0. The van der Waals surface area contributed by atoms with Crippen molar-refractivity contribution in [3.8, 4) is 11.1 Å². The number of hydrogen-bond donors (Lipinski definition) is 0. The average Bonchev–Trinajstić information content (AvgIpc) is 2.97. The third-order valence-corrected chi connectivity index (χ3v) is 8.54. The molecule has 178 valence electrons. The van der Waals surface area contributed by atoms with Crippen molar-refractivity contribution in [1.82, 2.24) is 0 Å². The second-order valence-corrected chi connectivity index (χ2v) is 10.5. The average molecular weight is 483 g/mol. The van der Waals surface area contributed by atoms with Crippen LogP contribution in [-0.2, 0) is 0 Å². The molecular weight excluding hydrogens is 456 g/mol. The first-order chi connectivity index (χ1) is 18.7. The minimum Gasteiger partial charge on any atom is -0.0616 e. The number of aryl methyl sites for hydroxylation is 2. The Hall–Kier alpha value is -4.68. The molecule has 0 aromatic heterocycles. The van der Waals surface area contributed by atoms with Crippen LogP contribution in [0.5, 0.6) is 0 Å². The van der Waals surface area contributed by atoms with Gasteiger partial charge in [0.05, 0.1) is 0 Å². The standard InChI is InChI=1S/C38H26/c1-23-19-21-34-30-15-6-5-13-28(30)29-14-7-8-16-31(29)38(34)35(23)36-24(2)26-22-20-25-11-3-4-12-27(25)37(26)33-18-10-9-17-32(33)36/h3-22H,1-2H3. The lowest BCUT2D eigenvalue weighted by Gasteiger charge is -2.21. The molecule has 0 fully saturated rings. The summed E-state index contributed by atoms with van der Waals surface area (Å²) >= 11 is 0. The molecule has 38 heavy (non-hydrogen) atoms. The summed E-state index contributed by atoms with van der Waals surface area (Å²) in [5, 5.41) is 15.9. The third-order valence-electron chi connectivity index (χ3n) is 8.54. The van der Waals surface area contributed by atoms with E-state index in [2.05, 4.69) is 135 Å². The van der Waals surface area contributed by atoms with Gasteiger partial charge < -0.3 is 0 Å². The molecule has 8 rings (SSSR count). The normalized spacial score (nSPS) is 11.9. The minimum absolute atomic E-state index is 1.29. The van der Waals surface area contributed by atoms with E-state index in [0.29, 0.717) is 0 Å². The maximum Gasteiger partial charge on any atom is -0.00174 e. The van der Waals surface area contributed by atoms with Gasteiger partial charge in [0.2, 0.25) is 0 Å². The number of benzene rings is 8. The summed E-state index contributed by atoms with van der Waals surface area (Å²) in [4.78, 5) is 0. The Balaban J connectivity index is 1.66. The smallest absolute Gasteiger partial charge is 0.00174 e. The zero-order valence-electron chi connectivity index (χ0n) is 21.5. The SMILES string of the molecule is Cc1ccc2c3ccccc3c3ccccc3c2c1-c1c(C)c2ccc3ccccc3c2c2ccccc12. The van der Waals surface area contributed by atoms with Crippen molar-refractivity contribution in [3.63, 3.8) is 0 Å². The van der Waals surface area contributed by atoms with Crippen molar-refractivity contribution in [2.24, 2.45) is 0 Å². The number of rotatable bonds is 1. The molecule has 0 saturated carbocycles. The molecule has 0 spiro atoms. The van der Waals surface area contributed by atoms with E-state index in [9.17, 15) is 0 Å². The third kappa shape index (κ3) is 2.80. The van der Waals surface area contributed by atoms with Gasteiger partial charge >= 0.3 is 0 Å². The van der Waals surface area contributed by atoms with Crippen LogP contribution in [0.4, 0.5) is 0 Å². The van der Waals surface area contributed by atoms with Gasteiger partial charge in [0.15, 0.2) is 0 Å². The van der Waals surface area contributed by atoms with E-state index < -0.39 is 0 Å². The Morgan fingerprint density at radius 2 is 0.789 bits per heavy atom. The Kier molecular flexibility index (Phi) is 4.46. The van der Waals surface area contributed by atoms with E-state index in [1.54, 1.807) is 0 Å². The maximum atomic E-state index is 2.33. The molecule has 0 atom stereocenters. The Bertz CT molecular complexity index is 2210. The molecule has 0 bridgehead atoms. The Labute approximate surface area is 221 Å². The zero-order chi connectivity index (χ0) is 25.4. The molecule has 0 nitrogen and oxygen atoms in total. The van der Waals surface area contributed by atoms with Crippen LogP contribution in [0, 0.1) is 13.8 Å². The molecule has 0 aliphatic rings. The summed E-state index contributed by atoms with van der Waals surface area (Å²) in [6.07, 6.45) is 0. The van der Waals surface area contributed by atoms with Crippen molar-refractivity contribution in [2.45, 2.75) is 13.8 Å². The first kappa shape index (κ1) is 21.4. The zero-order valence-corrected chi connectivity index (χ0v) is 21.5. The largest absolute Gasteiger partial charge is 0.0616 e. The van der Waals surface area contributed by atoms with Crippen LogP contribution in [0.3, 0.4) is 0 Å². The summed E-state index contributed by atoms with van der Waals surface area (Å²) < 4.78 is 0. The molecule has 8 aromatic rings. The van der Waals surface area contributed by atoms with Crippen LogP contribution in [0.1, 0.15) is 11.1 Å². The molecule has 0 heteroatoms. The molecule has 8 aromatic carbocycles. The van der Waals surface area contributed by atoms with Crippen molar-refractivity contribution in [1.29, 1.82) is 0 Å². The lowest BCUT2D eigenvalue weighted by atomic mass is 9.82. The van der Waals surface area contributed by atoms with Gasteiger partial charge in [-0.05, 0) is 101 Å². The summed E-state index contributed by atoms with van der Waals surface area (Å²) in [5.74, 6) is 0. The second kappa shape index (κ2) is 7.91. The van der Waals surface area contributed by atoms with Gasteiger partial charge in [0, 0.05) is 0 Å². The van der Waals surface area contributed by atoms with Gasteiger partial charge in [-0.1, -0.05) is 121 Å². The molecule has 0 aliphatic carbocycles. The van der Waals surface area contributed by atoms with Crippen molar-refractivity contribution >= 4 is 64.6 Å². The maximum absolute atomic E-state index is 2.33. The fourth-order valence-corrected chi connectivity index (χ4v) is 6.87. The van der Waals surface area contributed by atoms with Crippen LogP contribution in [0.25, 0.3) is 75.8 Å². The highest BCUT2D eigenvalue weighted by Crippen LogP contribution is 2.47. The summed E-state index contributed by atoms with van der Waals surface area (Å²) in [5.41, 5.74) is 5.36. The first-order valence-electron chi connectivity index (χ1n) is 13.4. The predicted octanol–water partition coefficient (Wildman–Crippen LogP) is 10.9. The van der Waals surface area contributed by atoms with Crippen LogP contribution >= 0.6 is 0 Å². The molecule has 0 radical (unpaired) electrons. The molecule has 0 amide bonds. The van der Waals surface area contributed by atoms with Gasteiger partial charge in [-0.25, -0.2) is 0 Å². The quantitative estimate of drug-likeness (QED) is 0.204. The van der Waals surface area contributed by atoms with Crippen molar-refractivity contribution in [3.05, 3.63) is 132 Å². The van der Waals surface area contributed by atoms with E-state index in [1.165, 1.54) is 86.9 Å². The topological polar surface area (TPSA) is 0 Å². The second-order valence-electron chi connectivity index (χ2n) is 10.5. The highest BCUT2D eigenvalue weighted by atomic mass is 14.2. The van der Waals surface area contributed by atoms with Crippen LogP contribution in [0.2, 0.25) is 0 Å². The van der Waals surface area contributed by atoms with Crippen molar-refractivity contribution < 1.29 is 0 Å². The lowest BCUT2D eigenvalue weighted by molar-refractivity contribution is 1.47. The highest BCUT2D eigenvalue weighted by Gasteiger charge is 2.20. The van der Waals surface area contributed by atoms with Gasteiger partial charge in [-0.3, -0.25) is 0 Å². The van der Waals surface area contributed by atoms with Crippen molar-refractivity contribution in [2.75, 3.05) is 0 Å². The first-order valence-corrected chi connectivity index (χ1v) is 13.4. The van der Waals surface area contributed by atoms with E-state index in [1.807, 2.05) is 0 Å².